The van der Waals surface area contributed by atoms with Crippen LogP contribution in [-0.4, -0.2) is 18.6 Å². The number of hydrogen-bond acceptors (Lipinski definition) is 3. The highest BCUT2D eigenvalue weighted by Gasteiger charge is 2.25. The summed E-state index contributed by atoms with van der Waals surface area (Å²) >= 11 is 0. The third-order valence-corrected chi connectivity index (χ3v) is 3.62. The van der Waals surface area contributed by atoms with Gasteiger partial charge in [0, 0.05) is 6.54 Å². The lowest BCUT2D eigenvalue weighted by Crippen LogP contribution is -2.32. The van der Waals surface area contributed by atoms with Crippen molar-refractivity contribution in [3.63, 3.8) is 0 Å². The highest BCUT2D eigenvalue weighted by atomic mass is 16.5. The second-order valence-electron chi connectivity index (χ2n) is 5.88. The van der Waals surface area contributed by atoms with Gasteiger partial charge in [-0.2, -0.15) is 0 Å². The molecule has 0 aromatic heterocycles. The second kappa shape index (κ2) is 7.00. The van der Waals surface area contributed by atoms with E-state index in [0.717, 1.165) is 25.2 Å². The van der Waals surface area contributed by atoms with E-state index in [9.17, 15) is 4.79 Å². The Morgan fingerprint density at radius 3 is 2.35 bits per heavy atom. The molecule has 1 fully saturated rings. The second-order valence-corrected chi connectivity index (χ2v) is 5.88. The Labute approximate surface area is 105 Å². The molecule has 1 aliphatic rings. The van der Waals surface area contributed by atoms with Gasteiger partial charge in [0.25, 0.3) is 0 Å². The van der Waals surface area contributed by atoms with Crippen molar-refractivity contribution in [2.75, 3.05) is 6.54 Å². The highest BCUT2D eigenvalue weighted by molar-refractivity contribution is 5.72. The molecule has 0 bridgehead atoms. The Morgan fingerprint density at radius 2 is 1.88 bits per heavy atom. The van der Waals surface area contributed by atoms with Crippen molar-refractivity contribution in [3.05, 3.63) is 0 Å². The van der Waals surface area contributed by atoms with E-state index in [1.807, 2.05) is 0 Å². The standard InChI is InChI=1S/C14H27NO2/c1-10(2)8-12(9-15)14(16)17-13-6-4-11(3)5-7-13/h10-13H,4-9,15H2,1-3H3. The molecule has 1 atom stereocenters. The van der Waals surface area contributed by atoms with Crippen molar-refractivity contribution in [3.8, 4) is 0 Å². The van der Waals surface area contributed by atoms with Crippen molar-refractivity contribution >= 4 is 5.97 Å². The Balaban J connectivity index is 2.36. The maximum atomic E-state index is 12.0. The van der Waals surface area contributed by atoms with Crippen LogP contribution in [-0.2, 0) is 9.53 Å². The van der Waals surface area contributed by atoms with Crippen LogP contribution in [0, 0.1) is 17.8 Å². The molecule has 0 aromatic carbocycles. The summed E-state index contributed by atoms with van der Waals surface area (Å²) in [5.74, 6) is 1.07. The summed E-state index contributed by atoms with van der Waals surface area (Å²) in [6.07, 6.45) is 5.36. The molecule has 1 unspecified atom stereocenters. The average molecular weight is 241 g/mol. The zero-order chi connectivity index (χ0) is 12.8. The minimum absolute atomic E-state index is 0.0826. The van der Waals surface area contributed by atoms with Crippen LogP contribution < -0.4 is 5.73 Å². The zero-order valence-corrected chi connectivity index (χ0v) is 11.4. The van der Waals surface area contributed by atoms with Crippen molar-refractivity contribution < 1.29 is 9.53 Å². The first-order valence-corrected chi connectivity index (χ1v) is 6.93. The van der Waals surface area contributed by atoms with Gasteiger partial charge < -0.3 is 10.5 Å². The number of rotatable bonds is 5. The van der Waals surface area contributed by atoms with Gasteiger partial charge in [0.05, 0.1) is 5.92 Å². The van der Waals surface area contributed by atoms with Gasteiger partial charge in [-0.05, 0) is 43.9 Å². The van der Waals surface area contributed by atoms with Crippen LogP contribution in [0.1, 0.15) is 52.9 Å². The molecule has 0 radical (unpaired) electrons. The fourth-order valence-electron chi connectivity index (χ4n) is 2.47. The minimum atomic E-state index is -0.116. The molecular formula is C14H27NO2. The largest absolute Gasteiger partial charge is 0.462 e. The third-order valence-electron chi connectivity index (χ3n) is 3.62. The Hall–Kier alpha value is -0.570. The van der Waals surface area contributed by atoms with Crippen LogP contribution in [0.15, 0.2) is 0 Å². The van der Waals surface area contributed by atoms with E-state index < -0.39 is 0 Å². The van der Waals surface area contributed by atoms with Gasteiger partial charge in [0.15, 0.2) is 0 Å². The predicted molar refractivity (Wildman–Crippen MR) is 69.5 cm³/mol. The number of ether oxygens (including phenoxy) is 1. The van der Waals surface area contributed by atoms with Gasteiger partial charge >= 0.3 is 5.97 Å². The Bertz CT molecular complexity index is 232. The van der Waals surface area contributed by atoms with Gasteiger partial charge in [-0.1, -0.05) is 20.8 Å². The van der Waals surface area contributed by atoms with Gasteiger partial charge in [0.2, 0.25) is 0 Å². The highest BCUT2D eigenvalue weighted by Crippen LogP contribution is 2.26. The van der Waals surface area contributed by atoms with Crippen LogP contribution >= 0.6 is 0 Å². The number of nitrogens with two attached hydrogens (primary N) is 1. The van der Waals surface area contributed by atoms with Crippen molar-refractivity contribution in [1.29, 1.82) is 0 Å². The molecule has 0 spiro atoms. The molecule has 0 amide bonds. The first-order chi connectivity index (χ1) is 8.02. The molecule has 0 heterocycles. The Morgan fingerprint density at radius 1 is 1.29 bits per heavy atom. The van der Waals surface area contributed by atoms with Gasteiger partial charge in [0.1, 0.15) is 6.10 Å². The number of carbonyl (C=O) groups excluding carboxylic acids is 1. The topological polar surface area (TPSA) is 52.3 Å². The molecule has 0 aromatic rings. The molecule has 2 N–H and O–H groups in total. The van der Waals surface area contributed by atoms with E-state index in [2.05, 4.69) is 20.8 Å². The van der Waals surface area contributed by atoms with E-state index in [4.69, 9.17) is 10.5 Å². The molecule has 1 saturated carbocycles. The summed E-state index contributed by atoms with van der Waals surface area (Å²) in [5.41, 5.74) is 5.65. The summed E-state index contributed by atoms with van der Waals surface area (Å²) in [6, 6.07) is 0. The van der Waals surface area contributed by atoms with Crippen LogP contribution in [0.4, 0.5) is 0 Å². The molecule has 17 heavy (non-hydrogen) atoms. The molecule has 100 valence electrons. The molecule has 0 saturated heterocycles. The SMILES string of the molecule is CC(C)CC(CN)C(=O)OC1CCC(C)CC1. The monoisotopic (exact) mass is 241 g/mol. The predicted octanol–water partition coefficient (Wildman–Crippen LogP) is 2.73. The van der Waals surface area contributed by atoms with E-state index in [0.29, 0.717) is 12.5 Å². The smallest absolute Gasteiger partial charge is 0.310 e. The first-order valence-electron chi connectivity index (χ1n) is 6.93. The molecular weight excluding hydrogens is 214 g/mol. The summed E-state index contributed by atoms with van der Waals surface area (Å²) in [4.78, 5) is 12.0. The minimum Gasteiger partial charge on any atom is -0.462 e. The third kappa shape index (κ3) is 5.07. The quantitative estimate of drug-likeness (QED) is 0.753. The summed E-state index contributed by atoms with van der Waals surface area (Å²) in [5, 5.41) is 0. The number of carbonyl (C=O) groups is 1. The lowest BCUT2D eigenvalue weighted by molar-refractivity contribution is -0.156. The van der Waals surface area contributed by atoms with E-state index in [1.165, 1.54) is 12.8 Å². The van der Waals surface area contributed by atoms with E-state index in [1.54, 1.807) is 0 Å². The van der Waals surface area contributed by atoms with E-state index >= 15 is 0 Å². The number of hydrogen-bond donors (Lipinski definition) is 1. The van der Waals surface area contributed by atoms with Crippen LogP contribution in [0.3, 0.4) is 0 Å². The molecule has 1 rings (SSSR count). The summed E-state index contributed by atoms with van der Waals surface area (Å²) < 4.78 is 5.57. The summed E-state index contributed by atoms with van der Waals surface area (Å²) in [7, 11) is 0. The number of esters is 1. The van der Waals surface area contributed by atoms with Crippen LogP contribution in [0.25, 0.3) is 0 Å². The average Bonchev–Trinajstić information content (AvgIpc) is 2.28. The summed E-state index contributed by atoms with van der Waals surface area (Å²) in [6.45, 7) is 6.89. The lowest BCUT2D eigenvalue weighted by Gasteiger charge is -2.27. The lowest BCUT2D eigenvalue weighted by atomic mass is 9.89. The normalized spacial score (nSPS) is 26.9. The fourth-order valence-corrected chi connectivity index (χ4v) is 2.47. The maximum absolute atomic E-state index is 12.0. The van der Waals surface area contributed by atoms with Gasteiger partial charge in [-0.3, -0.25) is 4.79 Å². The fraction of sp³-hybridized carbons (Fsp3) is 0.929. The van der Waals surface area contributed by atoms with Crippen LogP contribution in [0.5, 0.6) is 0 Å². The maximum Gasteiger partial charge on any atom is 0.310 e. The van der Waals surface area contributed by atoms with Crippen molar-refractivity contribution in [2.24, 2.45) is 23.5 Å². The molecule has 0 aliphatic heterocycles. The zero-order valence-electron chi connectivity index (χ0n) is 11.4. The van der Waals surface area contributed by atoms with Crippen molar-refractivity contribution in [2.45, 2.75) is 59.0 Å². The molecule has 1 aliphatic carbocycles. The van der Waals surface area contributed by atoms with Gasteiger partial charge in [-0.15, -0.1) is 0 Å². The molecule has 3 heteroatoms. The molecule has 3 nitrogen and oxygen atoms in total. The van der Waals surface area contributed by atoms with E-state index in [-0.39, 0.29) is 18.0 Å². The van der Waals surface area contributed by atoms with Crippen LogP contribution in [0.2, 0.25) is 0 Å². The first kappa shape index (κ1) is 14.5. The van der Waals surface area contributed by atoms with Crippen molar-refractivity contribution in [1.82, 2.24) is 0 Å². The van der Waals surface area contributed by atoms with Gasteiger partial charge in [-0.25, -0.2) is 0 Å². The Kier molecular flexibility index (Phi) is 5.96.